The lowest BCUT2D eigenvalue weighted by atomic mass is 9.96. The third-order valence-electron chi connectivity index (χ3n) is 6.85. The van der Waals surface area contributed by atoms with Crippen LogP contribution in [0.4, 0.5) is 11.4 Å². The molecule has 3 heterocycles. The van der Waals surface area contributed by atoms with E-state index in [1.54, 1.807) is 25.4 Å². The Balaban J connectivity index is 1.72. The Hall–Kier alpha value is -4.44. The van der Waals surface area contributed by atoms with Crippen LogP contribution in [-0.4, -0.2) is 33.8 Å². The van der Waals surface area contributed by atoms with E-state index in [1.807, 2.05) is 65.8 Å². The van der Waals surface area contributed by atoms with Gasteiger partial charge in [0, 0.05) is 17.6 Å². The number of aromatic nitrogens is 2. The van der Waals surface area contributed by atoms with E-state index >= 15 is 0 Å². The van der Waals surface area contributed by atoms with Crippen LogP contribution in [0, 0.1) is 24.0 Å². The van der Waals surface area contributed by atoms with Crippen molar-refractivity contribution in [2.75, 3.05) is 19.1 Å². The Morgan fingerprint density at radius 1 is 1.00 bits per heavy atom. The van der Waals surface area contributed by atoms with Crippen molar-refractivity contribution in [3.05, 3.63) is 106 Å². The minimum absolute atomic E-state index is 0.0411. The number of nitro groups is 1. The first kappa shape index (κ1) is 25.2. The van der Waals surface area contributed by atoms with E-state index in [0.29, 0.717) is 22.3 Å². The Labute approximate surface area is 225 Å². The van der Waals surface area contributed by atoms with Crippen molar-refractivity contribution >= 4 is 28.7 Å². The SMILES string of the molecule is COc1ccc(-n2c(C)cc([C@@H]3[C@@H](c4ccccn4)NC(=S)N3c3ccccc3OC)c2C)c([N+](=O)[O-])c1. The van der Waals surface area contributed by atoms with E-state index in [2.05, 4.69) is 16.4 Å². The molecular weight excluding hydrogens is 502 g/mol. The Kier molecular flexibility index (Phi) is 6.73. The second-order valence-electron chi connectivity index (χ2n) is 8.94. The smallest absolute Gasteiger partial charge is 0.296 e. The van der Waals surface area contributed by atoms with Crippen molar-refractivity contribution in [3.8, 4) is 17.2 Å². The number of hydrogen-bond acceptors (Lipinski definition) is 6. The fourth-order valence-corrected chi connectivity index (χ4v) is 5.52. The van der Waals surface area contributed by atoms with Gasteiger partial charge in [-0.25, -0.2) is 0 Å². The number of hydrogen-bond donors (Lipinski definition) is 1. The third-order valence-corrected chi connectivity index (χ3v) is 7.17. The molecule has 1 fully saturated rings. The van der Waals surface area contributed by atoms with Crippen LogP contribution >= 0.6 is 12.2 Å². The van der Waals surface area contributed by atoms with Crippen molar-refractivity contribution in [2.45, 2.75) is 25.9 Å². The van der Waals surface area contributed by atoms with Crippen molar-refractivity contribution in [3.63, 3.8) is 0 Å². The maximum atomic E-state index is 12.0. The second kappa shape index (κ2) is 10.1. The summed E-state index contributed by atoms with van der Waals surface area (Å²) in [5, 5.41) is 16.0. The minimum Gasteiger partial charge on any atom is -0.496 e. The number of rotatable bonds is 7. The summed E-state index contributed by atoms with van der Waals surface area (Å²) in [6, 6.07) is 19.9. The van der Waals surface area contributed by atoms with Gasteiger partial charge in [0.2, 0.25) is 0 Å². The lowest BCUT2D eigenvalue weighted by Crippen LogP contribution is -2.30. The molecule has 5 rings (SSSR count). The predicted molar refractivity (Wildman–Crippen MR) is 149 cm³/mol. The number of pyridine rings is 1. The van der Waals surface area contributed by atoms with Crippen LogP contribution in [0.2, 0.25) is 0 Å². The van der Waals surface area contributed by atoms with Crippen LogP contribution in [0.1, 0.15) is 34.7 Å². The van der Waals surface area contributed by atoms with E-state index in [9.17, 15) is 10.1 Å². The Morgan fingerprint density at radius 2 is 1.76 bits per heavy atom. The number of nitrogens with one attached hydrogen (secondary N) is 1. The lowest BCUT2D eigenvalue weighted by molar-refractivity contribution is -0.384. The monoisotopic (exact) mass is 529 g/mol. The number of nitro benzene ring substituents is 1. The molecule has 1 aliphatic rings. The highest BCUT2D eigenvalue weighted by Gasteiger charge is 2.43. The number of para-hydroxylation sites is 2. The van der Waals surface area contributed by atoms with Crippen LogP contribution in [0.5, 0.6) is 11.5 Å². The fraction of sp³-hybridized carbons (Fsp3) is 0.214. The van der Waals surface area contributed by atoms with Gasteiger partial charge in [-0.2, -0.15) is 0 Å². The second-order valence-corrected chi connectivity index (χ2v) is 9.33. The number of thiocarbonyl (C=S) groups is 1. The molecule has 10 heteroatoms. The molecule has 194 valence electrons. The molecule has 0 unspecified atom stereocenters. The highest BCUT2D eigenvalue weighted by molar-refractivity contribution is 7.80. The largest absolute Gasteiger partial charge is 0.496 e. The van der Waals surface area contributed by atoms with Gasteiger partial charge in [0.1, 0.15) is 17.2 Å². The molecule has 0 spiro atoms. The molecule has 0 saturated carbocycles. The number of nitrogens with zero attached hydrogens (tertiary/aromatic N) is 4. The molecule has 2 atom stereocenters. The summed E-state index contributed by atoms with van der Waals surface area (Å²) in [5.41, 5.74) is 4.73. The molecule has 1 saturated heterocycles. The average molecular weight is 530 g/mol. The maximum absolute atomic E-state index is 12.0. The van der Waals surface area contributed by atoms with Gasteiger partial charge in [-0.1, -0.05) is 18.2 Å². The quantitative estimate of drug-likeness (QED) is 0.188. The highest BCUT2D eigenvalue weighted by Crippen LogP contribution is 2.46. The zero-order valence-corrected chi connectivity index (χ0v) is 22.2. The van der Waals surface area contributed by atoms with Gasteiger partial charge in [-0.15, -0.1) is 0 Å². The normalized spacial score (nSPS) is 16.8. The van der Waals surface area contributed by atoms with E-state index < -0.39 is 0 Å². The molecule has 4 aromatic rings. The molecule has 0 amide bonds. The standard InChI is InChI=1S/C28H27N5O4S/c1-17-15-20(18(2)31(17)22-13-12-19(36-3)16-24(22)33(34)35)27-26(21-9-7-8-14-29-21)30-28(38)32(27)23-10-5-6-11-25(23)37-4/h5-16,26-27H,1-4H3,(H,30,38)/t26-,27-/m1/s1. The van der Waals surface area contributed by atoms with Crippen molar-refractivity contribution in [2.24, 2.45) is 0 Å². The molecule has 0 radical (unpaired) electrons. The molecule has 0 bridgehead atoms. The minimum atomic E-state index is -0.388. The molecule has 2 aromatic heterocycles. The molecule has 38 heavy (non-hydrogen) atoms. The van der Waals surface area contributed by atoms with Crippen LogP contribution < -0.4 is 19.7 Å². The van der Waals surface area contributed by atoms with Gasteiger partial charge in [-0.3, -0.25) is 15.1 Å². The van der Waals surface area contributed by atoms with Gasteiger partial charge in [0.25, 0.3) is 5.69 Å². The number of methoxy groups -OCH3 is 2. The number of aryl methyl sites for hydroxylation is 1. The summed E-state index contributed by atoms with van der Waals surface area (Å²) >= 11 is 5.86. The molecule has 2 aromatic carbocycles. The molecule has 0 aliphatic carbocycles. The first-order valence-corrected chi connectivity index (χ1v) is 12.4. The van der Waals surface area contributed by atoms with Crippen LogP contribution in [0.25, 0.3) is 5.69 Å². The van der Waals surface area contributed by atoms with Crippen LogP contribution in [-0.2, 0) is 0 Å². The maximum Gasteiger partial charge on any atom is 0.296 e. The lowest BCUT2D eigenvalue weighted by Gasteiger charge is -2.29. The van der Waals surface area contributed by atoms with Crippen molar-refractivity contribution in [1.82, 2.24) is 14.9 Å². The van der Waals surface area contributed by atoms with Gasteiger partial charge in [-0.05, 0) is 74.1 Å². The Morgan fingerprint density at radius 3 is 2.45 bits per heavy atom. The summed E-state index contributed by atoms with van der Waals surface area (Å²) < 4.78 is 12.8. The van der Waals surface area contributed by atoms with Crippen LogP contribution in [0.3, 0.4) is 0 Å². The van der Waals surface area contributed by atoms with Gasteiger partial charge < -0.3 is 24.3 Å². The zero-order valence-electron chi connectivity index (χ0n) is 21.4. The number of ether oxygens (including phenoxy) is 2. The summed E-state index contributed by atoms with van der Waals surface area (Å²) in [5.74, 6) is 1.11. The average Bonchev–Trinajstić information content (AvgIpc) is 3.43. The van der Waals surface area contributed by atoms with Gasteiger partial charge >= 0.3 is 0 Å². The fourth-order valence-electron chi connectivity index (χ4n) is 5.18. The Bertz CT molecular complexity index is 1520. The molecular formula is C28H27N5O4S. The van der Waals surface area contributed by atoms with Crippen molar-refractivity contribution in [1.29, 1.82) is 0 Å². The van der Waals surface area contributed by atoms with Crippen molar-refractivity contribution < 1.29 is 14.4 Å². The topological polar surface area (TPSA) is 94.7 Å². The van der Waals surface area contributed by atoms with E-state index in [4.69, 9.17) is 21.7 Å². The van der Waals surface area contributed by atoms with Crippen LogP contribution in [0.15, 0.2) is 72.9 Å². The highest BCUT2D eigenvalue weighted by atomic mass is 32.1. The summed E-state index contributed by atoms with van der Waals surface area (Å²) in [7, 11) is 3.12. The molecule has 1 aliphatic heterocycles. The summed E-state index contributed by atoms with van der Waals surface area (Å²) in [6.07, 6.45) is 1.76. The summed E-state index contributed by atoms with van der Waals surface area (Å²) in [6.45, 7) is 3.90. The first-order valence-electron chi connectivity index (χ1n) is 12.0. The molecule has 1 N–H and O–H groups in total. The number of benzene rings is 2. The van der Waals surface area contributed by atoms with Gasteiger partial charge in [0.05, 0.1) is 48.7 Å². The number of anilines is 1. The van der Waals surface area contributed by atoms with E-state index in [1.165, 1.54) is 13.2 Å². The van der Waals surface area contributed by atoms with E-state index in [-0.39, 0.29) is 22.7 Å². The predicted octanol–water partition coefficient (Wildman–Crippen LogP) is 5.59. The van der Waals surface area contributed by atoms with E-state index in [0.717, 1.165) is 28.3 Å². The van der Waals surface area contributed by atoms with Gasteiger partial charge in [0.15, 0.2) is 5.11 Å². The third kappa shape index (κ3) is 4.22. The molecule has 9 nitrogen and oxygen atoms in total. The summed E-state index contributed by atoms with van der Waals surface area (Å²) in [4.78, 5) is 18.3. The first-order chi connectivity index (χ1) is 18.3. The zero-order chi connectivity index (χ0) is 27.0.